The second kappa shape index (κ2) is 6.00. The zero-order valence-electron chi connectivity index (χ0n) is 8.95. The topological polar surface area (TPSA) is 47.3 Å². The molecule has 0 aromatic heterocycles. The summed E-state index contributed by atoms with van der Waals surface area (Å²) in [5, 5.41) is 17.5. The summed E-state index contributed by atoms with van der Waals surface area (Å²) in [5.74, 6) is 0.634. The van der Waals surface area contributed by atoms with Crippen molar-refractivity contribution in [3.05, 3.63) is 0 Å². The molecule has 3 nitrogen and oxygen atoms in total. The van der Waals surface area contributed by atoms with Gasteiger partial charge >= 0.3 is 0 Å². The molecule has 1 rings (SSSR count). The molecule has 1 aliphatic heterocycles. The molecular weight excluding hydrogens is 176 g/mol. The fourth-order valence-electron chi connectivity index (χ4n) is 2.18. The zero-order valence-corrected chi connectivity index (χ0v) is 8.95. The quantitative estimate of drug-likeness (QED) is 0.739. The van der Waals surface area contributed by atoms with Crippen LogP contribution in [0.25, 0.3) is 0 Å². The minimum Gasteiger partial charge on any atom is -0.396 e. The summed E-state index contributed by atoms with van der Waals surface area (Å²) >= 11 is 0. The second-order valence-electron chi connectivity index (χ2n) is 4.23. The van der Waals surface area contributed by atoms with Gasteiger partial charge in [0.15, 0.2) is 0 Å². The van der Waals surface area contributed by atoms with Gasteiger partial charge in [-0.1, -0.05) is 0 Å². The van der Waals surface area contributed by atoms with Crippen LogP contribution in [0.5, 0.6) is 0 Å². The number of likely N-dealkylation sites (tertiary alicyclic amines) is 1. The van der Waals surface area contributed by atoms with Crippen LogP contribution in [0.4, 0.5) is 0 Å². The molecule has 0 saturated carbocycles. The van der Waals surface area contributed by atoms with Crippen LogP contribution in [0, 0.1) is 17.2 Å². The predicted octanol–water partition coefficient (Wildman–Crippen LogP) is 1.38. The molecule has 2 atom stereocenters. The van der Waals surface area contributed by atoms with Gasteiger partial charge in [0.1, 0.15) is 0 Å². The largest absolute Gasteiger partial charge is 0.396 e. The Hall–Kier alpha value is -0.590. The fraction of sp³-hybridized carbons (Fsp3) is 0.909. The van der Waals surface area contributed by atoms with Gasteiger partial charge in [-0.25, -0.2) is 0 Å². The van der Waals surface area contributed by atoms with Crippen LogP contribution in [-0.4, -0.2) is 35.7 Å². The third kappa shape index (κ3) is 3.28. The van der Waals surface area contributed by atoms with Crippen LogP contribution < -0.4 is 0 Å². The first-order valence-corrected chi connectivity index (χ1v) is 5.49. The van der Waals surface area contributed by atoms with Gasteiger partial charge in [0.2, 0.25) is 0 Å². The molecule has 1 heterocycles. The maximum absolute atomic E-state index is 8.88. The summed E-state index contributed by atoms with van der Waals surface area (Å²) in [6, 6.07) is 2.60. The Morgan fingerprint density at radius 2 is 2.43 bits per heavy atom. The van der Waals surface area contributed by atoms with Crippen molar-refractivity contribution in [1.82, 2.24) is 4.90 Å². The summed E-state index contributed by atoms with van der Waals surface area (Å²) in [5.41, 5.74) is 0. The molecule has 2 unspecified atom stereocenters. The lowest BCUT2D eigenvalue weighted by atomic mass is 9.94. The average molecular weight is 196 g/mol. The lowest BCUT2D eigenvalue weighted by Gasteiger charge is -2.35. The number of hydrogen-bond acceptors (Lipinski definition) is 3. The van der Waals surface area contributed by atoms with Gasteiger partial charge in [-0.3, -0.25) is 4.90 Å². The van der Waals surface area contributed by atoms with Gasteiger partial charge in [-0.05, 0) is 38.6 Å². The molecule has 0 aromatic rings. The highest BCUT2D eigenvalue weighted by molar-refractivity contribution is 4.83. The SMILES string of the molecule is CC(CC#N)N1CCCC(CCO)C1. The van der Waals surface area contributed by atoms with Crippen LogP contribution in [0.15, 0.2) is 0 Å². The Kier molecular flexibility index (Phi) is 4.92. The monoisotopic (exact) mass is 196 g/mol. The number of rotatable bonds is 4. The van der Waals surface area contributed by atoms with Crippen LogP contribution in [0.1, 0.15) is 32.6 Å². The Morgan fingerprint density at radius 1 is 1.64 bits per heavy atom. The number of aliphatic hydroxyl groups excluding tert-OH is 1. The van der Waals surface area contributed by atoms with E-state index in [9.17, 15) is 0 Å². The Morgan fingerprint density at radius 3 is 3.07 bits per heavy atom. The number of piperidine rings is 1. The van der Waals surface area contributed by atoms with E-state index in [-0.39, 0.29) is 0 Å². The molecule has 3 heteroatoms. The van der Waals surface area contributed by atoms with E-state index in [2.05, 4.69) is 17.9 Å². The molecule has 0 spiro atoms. The van der Waals surface area contributed by atoms with E-state index >= 15 is 0 Å². The predicted molar refractivity (Wildman–Crippen MR) is 55.7 cm³/mol. The summed E-state index contributed by atoms with van der Waals surface area (Å²) in [4.78, 5) is 2.38. The maximum Gasteiger partial charge on any atom is 0.0638 e. The van der Waals surface area contributed by atoms with Crippen LogP contribution >= 0.6 is 0 Å². The number of nitrogens with zero attached hydrogens (tertiary/aromatic N) is 2. The summed E-state index contributed by atoms with van der Waals surface area (Å²) in [7, 11) is 0. The van der Waals surface area contributed by atoms with Gasteiger partial charge in [0, 0.05) is 19.2 Å². The molecular formula is C11H20N2O. The lowest BCUT2D eigenvalue weighted by molar-refractivity contribution is 0.116. The maximum atomic E-state index is 8.88. The normalized spacial score (nSPS) is 25.6. The molecule has 0 radical (unpaired) electrons. The molecule has 1 saturated heterocycles. The first kappa shape index (κ1) is 11.5. The first-order chi connectivity index (χ1) is 6.77. The van der Waals surface area contributed by atoms with Crippen molar-refractivity contribution in [3.63, 3.8) is 0 Å². The van der Waals surface area contributed by atoms with Crippen LogP contribution in [0.2, 0.25) is 0 Å². The van der Waals surface area contributed by atoms with Crippen molar-refractivity contribution in [3.8, 4) is 6.07 Å². The van der Waals surface area contributed by atoms with E-state index < -0.39 is 0 Å². The Balaban J connectivity index is 2.35. The molecule has 0 amide bonds. The molecule has 1 aliphatic rings. The Bertz CT molecular complexity index is 198. The van der Waals surface area contributed by atoms with E-state index in [0.29, 0.717) is 25.0 Å². The third-order valence-electron chi connectivity index (χ3n) is 3.10. The van der Waals surface area contributed by atoms with Crippen molar-refractivity contribution < 1.29 is 5.11 Å². The summed E-state index contributed by atoms with van der Waals surface area (Å²) in [6.07, 6.45) is 3.97. The first-order valence-electron chi connectivity index (χ1n) is 5.49. The van der Waals surface area contributed by atoms with E-state index in [1.807, 2.05) is 0 Å². The molecule has 0 aromatic carbocycles. The zero-order chi connectivity index (χ0) is 10.4. The summed E-state index contributed by atoms with van der Waals surface area (Å²) < 4.78 is 0. The van der Waals surface area contributed by atoms with Gasteiger partial charge in [0.05, 0.1) is 12.5 Å². The average Bonchev–Trinajstić information content (AvgIpc) is 2.19. The molecule has 1 fully saturated rings. The van der Waals surface area contributed by atoms with Crippen molar-refractivity contribution in [1.29, 1.82) is 5.26 Å². The number of nitriles is 1. The Labute approximate surface area is 86.3 Å². The summed E-state index contributed by atoms with van der Waals surface area (Å²) in [6.45, 7) is 4.59. The molecule has 0 aliphatic carbocycles. The highest BCUT2D eigenvalue weighted by atomic mass is 16.3. The van der Waals surface area contributed by atoms with Gasteiger partial charge in [0.25, 0.3) is 0 Å². The second-order valence-corrected chi connectivity index (χ2v) is 4.23. The fourth-order valence-corrected chi connectivity index (χ4v) is 2.18. The number of aliphatic hydroxyl groups is 1. The standard InChI is InChI=1S/C11H20N2O/c1-10(4-6-12)13-7-2-3-11(9-13)5-8-14/h10-11,14H,2-5,7-9H2,1H3. The van der Waals surface area contributed by atoms with E-state index in [0.717, 1.165) is 19.5 Å². The highest BCUT2D eigenvalue weighted by Crippen LogP contribution is 2.21. The van der Waals surface area contributed by atoms with Crippen LogP contribution in [-0.2, 0) is 0 Å². The van der Waals surface area contributed by atoms with Crippen molar-refractivity contribution in [2.24, 2.45) is 5.92 Å². The third-order valence-corrected chi connectivity index (χ3v) is 3.10. The van der Waals surface area contributed by atoms with Gasteiger partial charge in [-0.15, -0.1) is 0 Å². The lowest BCUT2D eigenvalue weighted by Crippen LogP contribution is -2.41. The minimum atomic E-state index is 0.297. The highest BCUT2D eigenvalue weighted by Gasteiger charge is 2.22. The van der Waals surface area contributed by atoms with Crippen molar-refractivity contribution >= 4 is 0 Å². The molecule has 14 heavy (non-hydrogen) atoms. The molecule has 0 bridgehead atoms. The van der Waals surface area contributed by atoms with Crippen molar-refractivity contribution in [2.45, 2.75) is 38.6 Å². The molecule has 80 valence electrons. The van der Waals surface area contributed by atoms with Gasteiger partial charge in [-0.2, -0.15) is 5.26 Å². The van der Waals surface area contributed by atoms with E-state index in [1.165, 1.54) is 12.8 Å². The van der Waals surface area contributed by atoms with Crippen LogP contribution in [0.3, 0.4) is 0 Å². The molecule has 1 N–H and O–H groups in total. The van der Waals surface area contributed by atoms with Crippen molar-refractivity contribution in [2.75, 3.05) is 19.7 Å². The van der Waals surface area contributed by atoms with Gasteiger partial charge < -0.3 is 5.11 Å². The minimum absolute atomic E-state index is 0.297. The number of hydrogen-bond donors (Lipinski definition) is 1. The van der Waals surface area contributed by atoms with E-state index in [4.69, 9.17) is 10.4 Å². The smallest absolute Gasteiger partial charge is 0.0638 e. The van der Waals surface area contributed by atoms with E-state index in [1.54, 1.807) is 0 Å².